The highest BCUT2D eigenvalue weighted by Crippen LogP contribution is 2.23. The molecule has 1 fully saturated rings. The number of aliphatic carboxylic acids is 1. The third-order valence-corrected chi connectivity index (χ3v) is 3.41. The zero-order chi connectivity index (χ0) is 13.7. The number of carbonyl (C=O) groups excluding carboxylic acids is 1. The molecule has 0 aromatic heterocycles. The number of urea groups is 1. The minimum Gasteiger partial charge on any atom is -0.481 e. The lowest BCUT2D eigenvalue weighted by molar-refractivity contribution is -0.142. The summed E-state index contributed by atoms with van der Waals surface area (Å²) in [7, 11) is 1.59. The molecular formula is C12H22N2O4. The Bertz CT molecular complexity index is 308. The average Bonchev–Trinajstić information content (AvgIpc) is 2.70. The van der Waals surface area contributed by atoms with Crippen LogP contribution in [0.1, 0.15) is 20.3 Å². The molecule has 0 bridgehead atoms. The summed E-state index contributed by atoms with van der Waals surface area (Å²) in [5, 5.41) is 11.9. The van der Waals surface area contributed by atoms with Gasteiger partial charge >= 0.3 is 12.0 Å². The molecule has 1 rings (SSSR count). The molecule has 104 valence electrons. The number of methoxy groups -OCH3 is 1. The maximum Gasteiger partial charge on any atom is 0.317 e. The Morgan fingerprint density at radius 2 is 2.17 bits per heavy atom. The maximum absolute atomic E-state index is 12.0. The molecule has 18 heavy (non-hydrogen) atoms. The summed E-state index contributed by atoms with van der Waals surface area (Å²) < 4.78 is 5.01. The Hall–Kier alpha value is -1.30. The van der Waals surface area contributed by atoms with Gasteiger partial charge in [-0.15, -0.1) is 0 Å². The van der Waals surface area contributed by atoms with Gasteiger partial charge in [-0.25, -0.2) is 4.79 Å². The molecule has 2 N–H and O–H groups in total. The number of likely N-dealkylation sites (tertiary alicyclic amines) is 1. The van der Waals surface area contributed by atoms with Crippen LogP contribution in [0.2, 0.25) is 0 Å². The lowest BCUT2D eigenvalue weighted by atomic mass is 9.99. The summed E-state index contributed by atoms with van der Waals surface area (Å²) in [5.74, 6) is -1.30. The van der Waals surface area contributed by atoms with Gasteiger partial charge < -0.3 is 20.1 Å². The fourth-order valence-electron chi connectivity index (χ4n) is 2.18. The van der Waals surface area contributed by atoms with Gasteiger partial charge in [-0.2, -0.15) is 0 Å². The quantitative estimate of drug-likeness (QED) is 0.763. The third kappa shape index (κ3) is 3.60. The summed E-state index contributed by atoms with van der Waals surface area (Å²) in [6.07, 6.45) is 0.783. The Labute approximate surface area is 107 Å². The maximum atomic E-state index is 12.0. The van der Waals surface area contributed by atoms with E-state index in [-0.39, 0.29) is 24.5 Å². The van der Waals surface area contributed by atoms with E-state index in [4.69, 9.17) is 9.84 Å². The molecule has 1 heterocycles. The molecule has 0 aromatic rings. The smallest absolute Gasteiger partial charge is 0.317 e. The van der Waals surface area contributed by atoms with Gasteiger partial charge in [0.2, 0.25) is 0 Å². The second kappa shape index (κ2) is 6.58. The summed E-state index contributed by atoms with van der Waals surface area (Å²) in [6.45, 7) is 5.07. The van der Waals surface area contributed by atoms with Crippen LogP contribution < -0.4 is 5.32 Å². The van der Waals surface area contributed by atoms with E-state index in [2.05, 4.69) is 5.32 Å². The standard InChI is InChI=1S/C12H22N2O4/c1-4-9(7-18-3)13-12(17)14-5-8(2)10(6-14)11(15)16/h8-10H,4-7H2,1-3H3,(H,13,17)(H,15,16)/t8-,9?,10-/m1/s1. The van der Waals surface area contributed by atoms with Crippen LogP contribution in [0, 0.1) is 11.8 Å². The van der Waals surface area contributed by atoms with Crippen molar-refractivity contribution in [2.75, 3.05) is 26.8 Å². The van der Waals surface area contributed by atoms with E-state index < -0.39 is 11.9 Å². The van der Waals surface area contributed by atoms with Crippen molar-refractivity contribution in [3.63, 3.8) is 0 Å². The first-order valence-corrected chi connectivity index (χ1v) is 6.26. The van der Waals surface area contributed by atoms with Crippen molar-refractivity contribution in [3.05, 3.63) is 0 Å². The molecule has 3 atom stereocenters. The van der Waals surface area contributed by atoms with Crippen molar-refractivity contribution >= 4 is 12.0 Å². The molecule has 6 nitrogen and oxygen atoms in total. The van der Waals surface area contributed by atoms with Crippen molar-refractivity contribution in [3.8, 4) is 0 Å². The minimum absolute atomic E-state index is 0.00393. The molecule has 0 radical (unpaired) electrons. The van der Waals surface area contributed by atoms with Crippen LogP contribution in [0.4, 0.5) is 4.79 Å². The zero-order valence-corrected chi connectivity index (χ0v) is 11.2. The number of carboxylic acids is 1. The topological polar surface area (TPSA) is 78.9 Å². The molecule has 0 aromatic carbocycles. The van der Waals surface area contributed by atoms with Crippen LogP contribution in [0.5, 0.6) is 0 Å². The second-order valence-electron chi connectivity index (χ2n) is 4.84. The third-order valence-electron chi connectivity index (χ3n) is 3.41. The van der Waals surface area contributed by atoms with E-state index in [0.717, 1.165) is 6.42 Å². The van der Waals surface area contributed by atoms with Crippen LogP contribution in [-0.2, 0) is 9.53 Å². The van der Waals surface area contributed by atoms with Crippen LogP contribution in [-0.4, -0.2) is 54.9 Å². The lowest BCUT2D eigenvalue weighted by Gasteiger charge is -2.22. The fraction of sp³-hybridized carbons (Fsp3) is 0.833. The highest BCUT2D eigenvalue weighted by Gasteiger charge is 2.37. The molecule has 6 heteroatoms. The van der Waals surface area contributed by atoms with E-state index in [1.54, 1.807) is 12.0 Å². The number of nitrogens with one attached hydrogen (secondary N) is 1. The molecule has 2 amide bonds. The number of carbonyl (C=O) groups is 2. The minimum atomic E-state index is -0.832. The first-order chi connectivity index (χ1) is 8.49. The SMILES string of the molecule is CCC(COC)NC(=O)N1C[C@@H](C)[C@H](C(=O)O)C1. The van der Waals surface area contributed by atoms with Gasteiger partial charge in [0, 0.05) is 20.2 Å². The van der Waals surface area contributed by atoms with Crippen molar-refractivity contribution in [1.82, 2.24) is 10.2 Å². The van der Waals surface area contributed by atoms with Gasteiger partial charge in [0.15, 0.2) is 0 Å². The van der Waals surface area contributed by atoms with Crippen molar-refractivity contribution in [2.24, 2.45) is 11.8 Å². The number of amides is 2. The van der Waals surface area contributed by atoms with Crippen LogP contribution in [0.3, 0.4) is 0 Å². The largest absolute Gasteiger partial charge is 0.481 e. The monoisotopic (exact) mass is 258 g/mol. The summed E-state index contributed by atoms with van der Waals surface area (Å²) >= 11 is 0. The normalized spacial score (nSPS) is 24.9. The van der Waals surface area contributed by atoms with Gasteiger partial charge in [0.05, 0.1) is 18.6 Å². The molecular weight excluding hydrogens is 236 g/mol. The van der Waals surface area contributed by atoms with Crippen LogP contribution in [0.25, 0.3) is 0 Å². The van der Waals surface area contributed by atoms with Crippen LogP contribution >= 0.6 is 0 Å². The first-order valence-electron chi connectivity index (χ1n) is 6.26. The predicted molar refractivity (Wildman–Crippen MR) is 66.3 cm³/mol. The lowest BCUT2D eigenvalue weighted by Crippen LogP contribution is -2.45. The van der Waals surface area contributed by atoms with Crippen molar-refractivity contribution in [2.45, 2.75) is 26.3 Å². The molecule has 0 spiro atoms. The average molecular weight is 258 g/mol. The molecule has 1 aliphatic rings. The Kier molecular flexibility index (Phi) is 5.40. The Balaban J connectivity index is 2.51. The van der Waals surface area contributed by atoms with Crippen molar-refractivity contribution < 1.29 is 19.4 Å². The zero-order valence-electron chi connectivity index (χ0n) is 11.2. The number of hydrogen-bond donors (Lipinski definition) is 2. The summed E-state index contributed by atoms with van der Waals surface area (Å²) in [5.41, 5.74) is 0. The number of carboxylic acid groups (broad SMARTS) is 1. The highest BCUT2D eigenvalue weighted by molar-refractivity contribution is 5.77. The Morgan fingerprint density at radius 3 is 2.61 bits per heavy atom. The molecule has 0 saturated carbocycles. The van der Waals surface area contributed by atoms with E-state index in [0.29, 0.717) is 13.2 Å². The van der Waals surface area contributed by atoms with E-state index >= 15 is 0 Å². The van der Waals surface area contributed by atoms with Gasteiger partial charge in [-0.3, -0.25) is 4.79 Å². The second-order valence-corrected chi connectivity index (χ2v) is 4.84. The number of hydrogen-bond acceptors (Lipinski definition) is 3. The van der Waals surface area contributed by atoms with Gasteiger partial charge in [-0.1, -0.05) is 13.8 Å². The summed E-state index contributed by atoms with van der Waals surface area (Å²) in [6, 6.07) is -0.226. The Morgan fingerprint density at radius 1 is 1.50 bits per heavy atom. The van der Waals surface area contributed by atoms with E-state index in [9.17, 15) is 9.59 Å². The molecule has 1 unspecified atom stereocenters. The fourth-order valence-corrected chi connectivity index (χ4v) is 2.18. The van der Waals surface area contributed by atoms with Gasteiger partial charge in [-0.05, 0) is 12.3 Å². The molecule has 0 aliphatic carbocycles. The van der Waals surface area contributed by atoms with E-state index in [1.165, 1.54) is 0 Å². The van der Waals surface area contributed by atoms with Gasteiger partial charge in [0.1, 0.15) is 0 Å². The van der Waals surface area contributed by atoms with Crippen LogP contribution in [0.15, 0.2) is 0 Å². The highest BCUT2D eigenvalue weighted by atomic mass is 16.5. The molecule has 1 aliphatic heterocycles. The van der Waals surface area contributed by atoms with Gasteiger partial charge in [0.25, 0.3) is 0 Å². The predicted octanol–water partition coefficient (Wildman–Crippen LogP) is 0.773. The first kappa shape index (κ1) is 14.8. The number of rotatable bonds is 5. The number of nitrogens with zero attached hydrogens (tertiary/aromatic N) is 1. The number of ether oxygens (including phenoxy) is 1. The van der Waals surface area contributed by atoms with Crippen molar-refractivity contribution in [1.29, 1.82) is 0 Å². The van der Waals surface area contributed by atoms with E-state index in [1.807, 2.05) is 13.8 Å². The molecule has 1 saturated heterocycles. The summed E-state index contributed by atoms with van der Waals surface area (Å²) in [4.78, 5) is 24.5.